The molecule has 0 fully saturated rings. The summed E-state index contributed by atoms with van der Waals surface area (Å²) in [7, 11) is -0.463. The van der Waals surface area contributed by atoms with Crippen LogP contribution < -0.4 is 9.47 Å². The van der Waals surface area contributed by atoms with Crippen LogP contribution in [0.25, 0.3) is 0 Å². The Hall–Kier alpha value is -2.25. The van der Waals surface area contributed by atoms with Crippen molar-refractivity contribution in [1.29, 1.82) is 0 Å². The summed E-state index contributed by atoms with van der Waals surface area (Å²) in [6, 6.07) is 12.0. The van der Waals surface area contributed by atoms with Crippen LogP contribution in [0.2, 0.25) is 5.02 Å². The third-order valence-corrected chi connectivity index (χ3v) is 5.45. The molecule has 3 rings (SSSR count). The zero-order valence-electron chi connectivity index (χ0n) is 14.6. The predicted octanol–water partition coefficient (Wildman–Crippen LogP) is 3.47. The van der Waals surface area contributed by atoms with Crippen LogP contribution in [0, 0.1) is 0 Å². The van der Waals surface area contributed by atoms with E-state index in [1.165, 1.54) is 0 Å². The first-order valence-corrected chi connectivity index (χ1v) is 10.1. The van der Waals surface area contributed by atoms with Gasteiger partial charge in [0, 0.05) is 17.0 Å². The zero-order valence-corrected chi connectivity index (χ0v) is 16.2. The van der Waals surface area contributed by atoms with Crippen LogP contribution in [0.15, 0.2) is 47.6 Å². The summed E-state index contributed by atoms with van der Waals surface area (Å²) in [4.78, 5) is 0. The molecule has 1 heterocycles. The molecule has 8 heteroatoms. The number of hydrazone groups is 1. The van der Waals surface area contributed by atoms with Crippen molar-refractivity contribution >= 4 is 27.3 Å². The minimum Gasteiger partial charge on any atom is -0.497 e. The fraction of sp³-hybridized carbons (Fsp3) is 0.278. The molecule has 0 saturated carbocycles. The second-order valence-electron chi connectivity index (χ2n) is 5.92. The van der Waals surface area contributed by atoms with E-state index in [4.69, 9.17) is 21.1 Å². The van der Waals surface area contributed by atoms with Gasteiger partial charge >= 0.3 is 0 Å². The smallest absolute Gasteiger partial charge is 0.247 e. The molecule has 0 bridgehead atoms. The third-order valence-electron chi connectivity index (χ3n) is 4.19. The van der Waals surface area contributed by atoms with Gasteiger partial charge < -0.3 is 9.47 Å². The van der Waals surface area contributed by atoms with Gasteiger partial charge in [-0.3, -0.25) is 0 Å². The second kappa shape index (κ2) is 7.17. The van der Waals surface area contributed by atoms with Crippen LogP contribution in [0.1, 0.15) is 23.6 Å². The normalized spacial score (nSPS) is 17.2. The topological polar surface area (TPSA) is 68.2 Å². The highest BCUT2D eigenvalue weighted by atomic mass is 35.5. The lowest BCUT2D eigenvalue weighted by Gasteiger charge is -2.23. The molecule has 6 nitrogen and oxygen atoms in total. The van der Waals surface area contributed by atoms with Crippen LogP contribution in [0.4, 0.5) is 0 Å². The van der Waals surface area contributed by atoms with Crippen molar-refractivity contribution in [3.05, 3.63) is 58.6 Å². The Kier molecular flexibility index (Phi) is 5.11. The van der Waals surface area contributed by atoms with Gasteiger partial charge in [0.05, 0.1) is 32.2 Å². The summed E-state index contributed by atoms with van der Waals surface area (Å²) in [6.45, 7) is 0. The van der Waals surface area contributed by atoms with E-state index in [0.717, 1.165) is 16.2 Å². The van der Waals surface area contributed by atoms with Crippen LogP contribution in [-0.4, -0.2) is 39.0 Å². The van der Waals surface area contributed by atoms with Crippen LogP contribution >= 0.6 is 11.6 Å². The summed E-state index contributed by atoms with van der Waals surface area (Å²) in [5.41, 5.74) is 2.19. The Morgan fingerprint density at radius 1 is 1.12 bits per heavy atom. The largest absolute Gasteiger partial charge is 0.497 e. The molecule has 138 valence electrons. The molecule has 0 aromatic heterocycles. The van der Waals surface area contributed by atoms with Crippen LogP contribution in [0.3, 0.4) is 0 Å². The van der Waals surface area contributed by atoms with E-state index in [-0.39, 0.29) is 0 Å². The van der Waals surface area contributed by atoms with Gasteiger partial charge in [0.2, 0.25) is 10.0 Å². The highest BCUT2D eigenvalue weighted by Crippen LogP contribution is 2.40. The Labute approximate surface area is 158 Å². The Balaban J connectivity index is 2.06. The molecule has 2 aromatic rings. The molecule has 0 spiro atoms. The summed E-state index contributed by atoms with van der Waals surface area (Å²) in [5, 5.41) is 4.98. The van der Waals surface area contributed by atoms with Crippen LogP contribution in [0.5, 0.6) is 11.5 Å². The van der Waals surface area contributed by atoms with E-state index in [0.29, 0.717) is 34.2 Å². The maximum atomic E-state index is 12.3. The van der Waals surface area contributed by atoms with Crippen molar-refractivity contribution in [3.8, 4) is 11.5 Å². The maximum Gasteiger partial charge on any atom is 0.247 e. The monoisotopic (exact) mass is 394 g/mol. The number of benzene rings is 2. The molecule has 1 aliphatic rings. The first-order valence-electron chi connectivity index (χ1n) is 7.88. The van der Waals surface area contributed by atoms with Crippen molar-refractivity contribution < 1.29 is 17.9 Å². The molecule has 0 amide bonds. The van der Waals surface area contributed by atoms with Crippen molar-refractivity contribution in [2.24, 2.45) is 5.10 Å². The molecule has 0 radical (unpaired) electrons. The number of hydrogen-bond donors (Lipinski definition) is 0. The van der Waals surface area contributed by atoms with Gasteiger partial charge in [0.25, 0.3) is 0 Å². The molecular weight excluding hydrogens is 376 g/mol. The lowest BCUT2D eigenvalue weighted by Crippen LogP contribution is -2.26. The van der Waals surface area contributed by atoms with Gasteiger partial charge in [0.1, 0.15) is 11.5 Å². The summed E-state index contributed by atoms with van der Waals surface area (Å²) in [5.74, 6) is 1.20. The van der Waals surface area contributed by atoms with Crippen molar-refractivity contribution in [1.82, 2.24) is 4.41 Å². The molecule has 26 heavy (non-hydrogen) atoms. The van der Waals surface area contributed by atoms with E-state index in [1.54, 1.807) is 44.6 Å². The SMILES string of the molecule is COc1ccc(OC)c([C@H]2CC(c3ccc(Cl)cc3)=NN2S(C)(=O)=O)c1. The van der Waals surface area contributed by atoms with E-state index < -0.39 is 16.1 Å². The number of halogens is 1. The minimum absolute atomic E-state index is 0.415. The van der Waals surface area contributed by atoms with Crippen molar-refractivity contribution in [3.63, 3.8) is 0 Å². The van der Waals surface area contributed by atoms with Gasteiger partial charge in [-0.25, -0.2) is 8.42 Å². The molecular formula is C18H19ClN2O4S. The quantitative estimate of drug-likeness (QED) is 0.778. The Bertz CT molecular complexity index is 942. The average molecular weight is 395 g/mol. The zero-order chi connectivity index (χ0) is 18.9. The molecule has 1 aliphatic heterocycles. The van der Waals surface area contributed by atoms with Gasteiger partial charge in [-0.05, 0) is 35.9 Å². The number of nitrogens with zero attached hydrogens (tertiary/aromatic N) is 2. The van der Waals surface area contributed by atoms with Crippen LogP contribution in [-0.2, 0) is 10.0 Å². The molecule has 0 saturated heterocycles. The summed E-state index contributed by atoms with van der Waals surface area (Å²) >= 11 is 5.94. The lowest BCUT2D eigenvalue weighted by molar-refractivity contribution is 0.348. The highest BCUT2D eigenvalue weighted by molar-refractivity contribution is 7.88. The number of rotatable bonds is 5. The van der Waals surface area contributed by atoms with Gasteiger partial charge in [0.15, 0.2) is 0 Å². The number of ether oxygens (including phenoxy) is 2. The first kappa shape index (κ1) is 18.5. The van der Waals surface area contributed by atoms with Crippen molar-refractivity contribution in [2.45, 2.75) is 12.5 Å². The average Bonchev–Trinajstić information content (AvgIpc) is 3.07. The van der Waals surface area contributed by atoms with E-state index in [9.17, 15) is 8.42 Å². The molecule has 0 unspecified atom stereocenters. The Morgan fingerprint density at radius 2 is 1.81 bits per heavy atom. The van der Waals surface area contributed by atoms with Gasteiger partial charge in [-0.1, -0.05) is 23.7 Å². The summed E-state index contributed by atoms with van der Waals surface area (Å²) in [6.07, 6.45) is 1.55. The highest BCUT2D eigenvalue weighted by Gasteiger charge is 2.36. The molecule has 0 N–H and O–H groups in total. The summed E-state index contributed by atoms with van der Waals surface area (Å²) < 4.78 is 36.5. The van der Waals surface area contributed by atoms with Gasteiger partial charge in [-0.2, -0.15) is 9.52 Å². The minimum atomic E-state index is -3.57. The predicted molar refractivity (Wildman–Crippen MR) is 102 cm³/mol. The van der Waals surface area contributed by atoms with Crippen molar-refractivity contribution in [2.75, 3.05) is 20.5 Å². The Morgan fingerprint density at radius 3 is 2.38 bits per heavy atom. The van der Waals surface area contributed by atoms with E-state index in [1.807, 2.05) is 12.1 Å². The standard InChI is InChI=1S/C18H19ClN2O4S/c1-24-14-8-9-18(25-2)15(10-14)17-11-16(20-21(17)26(3,22)23)12-4-6-13(19)7-5-12/h4-10,17H,11H2,1-3H3/t17-/m1/s1. The third kappa shape index (κ3) is 3.64. The second-order valence-corrected chi connectivity index (χ2v) is 8.19. The molecule has 1 atom stereocenters. The maximum absolute atomic E-state index is 12.3. The number of sulfonamides is 1. The number of hydrogen-bond acceptors (Lipinski definition) is 5. The van der Waals surface area contributed by atoms with E-state index >= 15 is 0 Å². The fourth-order valence-corrected chi connectivity index (χ4v) is 3.97. The molecule has 2 aromatic carbocycles. The first-order chi connectivity index (χ1) is 12.3. The fourth-order valence-electron chi connectivity index (χ4n) is 2.94. The number of methoxy groups -OCH3 is 2. The van der Waals surface area contributed by atoms with E-state index in [2.05, 4.69) is 5.10 Å². The lowest BCUT2D eigenvalue weighted by atomic mass is 9.98. The molecule has 0 aliphatic carbocycles. The van der Waals surface area contributed by atoms with Gasteiger partial charge in [-0.15, -0.1) is 0 Å².